The van der Waals surface area contributed by atoms with Crippen LogP contribution in [0.4, 0.5) is 0 Å². The molecule has 0 aliphatic rings. The molecule has 5 aromatic rings. The Balaban J connectivity index is 1.79. The molecule has 0 aliphatic carbocycles. The highest BCUT2D eigenvalue weighted by Crippen LogP contribution is 2.30. The lowest BCUT2D eigenvalue weighted by Gasteiger charge is -2.08. The highest BCUT2D eigenvalue weighted by atomic mass is 32.1. The first-order valence-corrected chi connectivity index (χ1v) is 9.32. The largest absolute Gasteiger partial charge is 0.228 e. The third-order valence-electron chi connectivity index (χ3n) is 4.34. The Hall–Kier alpha value is -3.24. The number of benzene rings is 2. The molecule has 2 aromatic carbocycles. The van der Waals surface area contributed by atoms with E-state index in [0.29, 0.717) is 0 Å². The fourth-order valence-electron chi connectivity index (χ4n) is 3.09. The van der Waals surface area contributed by atoms with E-state index in [1.807, 2.05) is 47.0 Å². The van der Waals surface area contributed by atoms with E-state index in [-0.39, 0.29) is 0 Å². The molecule has 0 N–H and O–H groups in total. The summed E-state index contributed by atoms with van der Waals surface area (Å²) in [5, 5.41) is 6.90. The third kappa shape index (κ3) is 2.61. The van der Waals surface area contributed by atoms with Crippen LogP contribution in [0, 0.1) is 0 Å². The molecule has 0 atom stereocenters. The monoisotopic (exact) mass is 353 g/mol. The number of hydrogen-bond acceptors (Lipinski definition) is 3. The molecular weight excluding hydrogens is 338 g/mol. The van der Waals surface area contributed by atoms with Gasteiger partial charge >= 0.3 is 0 Å². The smallest absolute Gasteiger partial charge is 0.157 e. The summed E-state index contributed by atoms with van der Waals surface area (Å²) >= 11 is 1.69. The summed E-state index contributed by atoms with van der Waals surface area (Å²) in [4.78, 5) is 6.02. The molecule has 0 amide bonds. The molecule has 0 spiro atoms. The van der Waals surface area contributed by atoms with Gasteiger partial charge in [0, 0.05) is 17.2 Å². The zero-order valence-electron chi connectivity index (χ0n) is 13.9. The van der Waals surface area contributed by atoms with E-state index in [4.69, 9.17) is 10.1 Å². The Labute approximate surface area is 155 Å². The predicted molar refractivity (Wildman–Crippen MR) is 107 cm³/mol. The van der Waals surface area contributed by atoms with E-state index in [9.17, 15) is 0 Å². The van der Waals surface area contributed by atoms with Crippen molar-refractivity contribution in [1.82, 2.24) is 14.6 Å². The fraction of sp³-hybridized carbons (Fsp3) is 0. The lowest BCUT2D eigenvalue weighted by atomic mass is 10.1. The summed E-state index contributed by atoms with van der Waals surface area (Å²) in [6.45, 7) is 0. The van der Waals surface area contributed by atoms with Crippen molar-refractivity contribution in [2.24, 2.45) is 0 Å². The molecule has 4 heteroatoms. The summed E-state index contributed by atoms with van der Waals surface area (Å²) in [5.74, 6) is 0. The molecule has 0 unspecified atom stereocenters. The minimum atomic E-state index is 0.855. The first-order valence-electron chi connectivity index (χ1n) is 8.44. The van der Waals surface area contributed by atoms with E-state index in [2.05, 4.69) is 47.8 Å². The van der Waals surface area contributed by atoms with Crippen molar-refractivity contribution >= 4 is 17.0 Å². The maximum atomic E-state index is 4.87. The molecule has 3 nitrogen and oxygen atoms in total. The van der Waals surface area contributed by atoms with Gasteiger partial charge in [-0.15, -0.1) is 11.3 Å². The number of aromatic nitrogens is 3. The SMILES string of the molecule is c1ccc(-c2cc(-c3ccccc3)n3nc(-c4cccs4)cc3n2)cc1. The number of nitrogens with zero attached hydrogens (tertiary/aromatic N) is 3. The Kier molecular flexibility index (Phi) is 3.61. The highest BCUT2D eigenvalue weighted by molar-refractivity contribution is 7.13. The number of rotatable bonds is 3. The molecule has 3 heterocycles. The van der Waals surface area contributed by atoms with Gasteiger partial charge < -0.3 is 0 Å². The van der Waals surface area contributed by atoms with Gasteiger partial charge in [0.15, 0.2) is 5.65 Å². The number of hydrogen-bond donors (Lipinski definition) is 0. The minimum absolute atomic E-state index is 0.855. The van der Waals surface area contributed by atoms with Crippen LogP contribution in [0.2, 0.25) is 0 Å². The quantitative estimate of drug-likeness (QED) is 0.411. The van der Waals surface area contributed by atoms with Crippen LogP contribution in [0.3, 0.4) is 0 Å². The summed E-state index contributed by atoms with van der Waals surface area (Å²) in [6.07, 6.45) is 0. The van der Waals surface area contributed by atoms with E-state index in [0.717, 1.165) is 38.7 Å². The van der Waals surface area contributed by atoms with Crippen molar-refractivity contribution < 1.29 is 0 Å². The second-order valence-corrected chi connectivity index (χ2v) is 6.98. The van der Waals surface area contributed by atoms with Crippen LogP contribution in [-0.2, 0) is 0 Å². The molecule has 0 saturated heterocycles. The minimum Gasteiger partial charge on any atom is -0.228 e. The van der Waals surface area contributed by atoms with Crippen molar-refractivity contribution in [3.05, 3.63) is 90.3 Å². The maximum absolute atomic E-state index is 4.87. The zero-order chi connectivity index (χ0) is 17.3. The van der Waals surface area contributed by atoms with E-state index in [1.54, 1.807) is 11.3 Å². The Bertz CT molecular complexity index is 1160. The molecule has 3 aromatic heterocycles. The second-order valence-electron chi connectivity index (χ2n) is 6.04. The van der Waals surface area contributed by atoms with Gasteiger partial charge in [0.2, 0.25) is 0 Å². The lowest BCUT2D eigenvalue weighted by molar-refractivity contribution is 0.954. The van der Waals surface area contributed by atoms with E-state index in [1.165, 1.54) is 0 Å². The fourth-order valence-corrected chi connectivity index (χ4v) is 3.77. The summed E-state index contributed by atoms with van der Waals surface area (Å²) in [5.41, 5.74) is 6.03. The van der Waals surface area contributed by atoms with Crippen LogP contribution in [0.15, 0.2) is 90.3 Å². The van der Waals surface area contributed by atoms with Gasteiger partial charge in [-0.3, -0.25) is 0 Å². The van der Waals surface area contributed by atoms with Gasteiger partial charge in [-0.2, -0.15) is 5.10 Å². The predicted octanol–water partition coefficient (Wildman–Crippen LogP) is 5.79. The number of fused-ring (bicyclic) bond motifs is 1. The van der Waals surface area contributed by atoms with E-state index < -0.39 is 0 Å². The van der Waals surface area contributed by atoms with Crippen LogP contribution in [0.25, 0.3) is 38.7 Å². The zero-order valence-corrected chi connectivity index (χ0v) is 14.7. The summed E-state index contributed by atoms with van der Waals surface area (Å²) in [6, 6.07) is 28.9. The molecule has 5 rings (SSSR count). The van der Waals surface area contributed by atoms with Gasteiger partial charge in [0.25, 0.3) is 0 Å². The average molecular weight is 353 g/mol. The number of thiophene rings is 1. The lowest BCUT2D eigenvalue weighted by Crippen LogP contribution is -1.98. The van der Waals surface area contributed by atoms with Gasteiger partial charge in [-0.1, -0.05) is 66.7 Å². The van der Waals surface area contributed by atoms with E-state index >= 15 is 0 Å². The van der Waals surface area contributed by atoms with Gasteiger partial charge in [0.05, 0.1) is 16.3 Å². The van der Waals surface area contributed by atoms with Crippen LogP contribution in [0.1, 0.15) is 0 Å². The van der Waals surface area contributed by atoms with Crippen molar-refractivity contribution in [3.8, 4) is 33.1 Å². The van der Waals surface area contributed by atoms with Crippen LogP contribution < -0.4 is 0 Å². The molecule has 26 heavy (non-hydrogen) atoms. The molecule has 0 saturated carbocycles. The maximum Gasteiger partial charge on any atom is 0.157 e. The molecule has 0 fully saturated rings. The van der Waals surface area contributed by atoms with Crippen molar-refractivity contribution in [2.75, 3.05) is 0 Å². The van der Waals surface area contributed by atoms with Crippen molar-refractivity contribution in [3.63, 3.8) is 0 Å². The second kappa shape index (κ2) is 6.24. The Morgan fingerprint density at radius 2 is 1.42 bits per heavy atom. The average Bonchev–Trinajstić information content (AvgIpc) is 3.38. The van der Waals surface area contributed by atoms with Gasteiger partial charge in [-0.25, -0.2) is 9.50 Å². The van der Waals surface area contributed by atoms with Gasteiger partial charge in [0.1, 0.15) is 5.69 Å². The Morgan fingerprint density at radius 3 is 2.12 bits per heavy atom. The molecule has 0 radical (unpaired) electrons. The van der Waals surface area contributed by atoms with Crippen LogP contribution in [-0.4, -0.2) is 14.6 Å². The molecular formula is C22H15N3S. The summed E-state index contributed by atoms with van der Waals surface area (Å²) in [7, 11) is 0. The standard InChI is InChI=1S/C22H15N3S/c1-3-8-16(9-4-1)18-14-20(17-10-5-2-6-11-17)25-22(23-18)15-19(24-25)21-12-7-13-26-21/h1-15H. The van der Waals surface area contributed by atoms with Gasteiger partial charge in [-0.05, 0) is 17.5 Å². The first-order chi connectivity index (χ1) is 12.9. The molecule has 0 aliphatic heterocycles. The van der Waals surface area contributed by atoms with Crippen LogP contribution in [0.5, 0.6) is 0 Å². The summed E-state index contributed by atoms with van der Waals surface area (Å²) < 4.78 is 1.94. The van der Waals surface area contributed by atoms with Crippen LogP contribution >= 0.6 is 11.3 Å². The van der Waals surface area contributed by atoms with Crippen molar-refractivity contribution in [1.29, 1.82) is 0 Å². The Morgan fingerprint density at radius 1 is 0.692 bits per heavy atom. The first kappa shape index (κ1) is 15.0. The highest BCUT2D eigenvalue weighted by Gasteiger charge is 2.13. The normalized spacial score (nSPS) is 11.1. The molecule has 0 bridgehead atoms. The topological polar surface area (TPSA) is 30.2 Å². The third-order valence-corrected chi connectivity index (χ3v) is 5.23. The van der Waals surface area contributed by atoms with Crippen molar-refractivity contribution in [2.45, 2.75) is 0 Å². The molecule has 124 valence electrons.